The number of rotatable bonds is 5. The molecule has 1 heterocycles. The first-order valence-electron chi connectivity index (χ1n) is 4.78. The van der Waals surface area contributed by atoms with Crippen molar-refractivity contribution in [3.05, 3.63) is 23.8 Å². The minimum Gasteiger partial charge on any atom is -0.317 e. The molecule has 1 rings (SSSR count). The number of alkyl halides is 2. The van der Waals surface area contributed by atoms with E-state index in [9.17, 15) is 8.78 Å². The van der Waals surface area contributed by atoms with Gasteiger partial charge in [0.15, 0.2) is 0 Å². The Bertz CT molecular complexity index is 305. The lowest BCUT2D eigenvalue weighted by atomic mass is 10.1. The third-order valence-electron chi connectivity index (χ3n) is 1.71. The first-order chi connectivity index (χ1) is 7.08. The Morgan fingerprint density at radius 2 is 2.13 bits per heavy atom. The van der Waals surface area contributed by atoms with Crippen LogP contribution in [0.1, 0.15) is 25.4 Å². The van der Waals surface area contributed by atoms with Crippen LogP contribution in [0, 0.1) is 5.92 Å². The number of nitrogens with zero attached hydrogens (tertiary/aromatic N) is 2. The highest BCUT2D eigenvalue weighted by molar-refractivity contribution is 5.01. The SMILES string of the molecule is CC(C)Cc1nccc(COC(F)F)n1. The summed E-state index contributed by atoms with van der Waals surface area (Å²) in [5.41, 5.74) is 0.487. The second-order valence-electron chi connectivity index (χ2n) is 3.63. The van der Waals surface area contributed by atoms with Gasteiger partial charge in [-0.2, -0.15) is 8.78 Å². The van der Waals surface area contributed by atoms with Crippen LogP contribution in [0.5, 0.6) is 0 Å². The van der Waals surface area contributed by atoms with E-state index in [1.165, 1.54) is 0 Å². The van der Waals surface area contributed by atoms with Crippen LogP contribution in [-0.4, -0.2) is 16.6 Å². The number of ether oxygens (including phenoxy) is 1. The summed E-state index contributed by atoms with van der Waals surface area (Å²) >= 11 is 0. The van der Waals surface area contributed by atoms with Crippen LogP contribution in [0.25, 0.3) is 0 Å². The number of aromatic nitrogens is 2. The summed E-state index contributed by atoms with van der Waals surface area (Å²) in [6.07, 6.45) is 2.30. The zero-order valence-corrected chi connectivity index (χ0v) is 8.78. The molecule has 0 aliphatic heterocycles. The molecule has 0 saturated carbocycles. The van der Waals surface area contributed by atoms with E-state index in [1.807, 2.05) is 13.8 Å². The summed E-state index contributed by atoms with van der Waals surface area (Å²) in [5, 5.41) is 0. The average Bonchev–Trinajstić information content (AvgIpc) is 2.14. The zero-order valence-electron chi connectivity index (χ0n) is 8.78. The van der Waals surface area contributed by atoms with Gasteiger partial charge in [-0.15, -0.1) is 0 Å². The first-order valence-corrected chi connectivity index (χ1v) is 4.78. The van der Waals surface area contributed by atoms with Gasteiger partial charge in [0.05, 0.1) is 12.3 Å². The molecule has 0 unspecified atom stereocenters. The van der Waals surface area contributed by atoms with Gasteiger partial charge < -0.3 is 4.74 Å². The first kappa shape index (κ1) is 12.0. The third-order valence-corrected chi connectivity index (χ3v) is 1.71. The molecule has 1 aromatic rings. The molecule has 0 atom stereocenters. The Kier molecular flexibility index (Phi) is 4.55. The summed E-state index contributed by atoms with van der Waals surface area (Å²) in [5.74, 6) is 1.11. The maximum Gasteiger partial charge on any atom is 0.345 e. The standard InChI is InChI=1S/C10H14F2N2O/c1-7(2)5-9-13-4-3-8(14-9)6-15-10(11)12/h3-4,7,10H,5-6H2,1-2H3. The lowest BCUT2D eigenvalue weighted by Gasteiger charge is -2.05. The molecule has 3 nitrogen and oxygen atoms in total. The molecule has 0 aromatic carbocycles. The molecule has 0 aliphatic rings. The molecule has 0 amide bonds. The smallest absolute Gasteiger partial charge is 0.317 e. The maximum atomic E-state index is 11.8. The van der Waals surface area contributed by atoms with Crippen molar-refractivity contribution in [2.45, 2.75) is 33.5 Å². The molecule has 84 valence electrons. The Labute approximate surface area is 87.5 Å². The van der Waals surface area contributed by atoms with Gasteiger partial charge >= 0.3 is 6.61 Å². The third kappa shape index (κ3) is 4.78. The number of hydrogen-bond donors (Lipinski definition) is 0. The van der Waals surface area contributed by atoms with Gasteiger partial charge in [0.2, 0.25) is 0 Å². The largest absolute Gasteiger partial charge is 0.345 e. The van der Waals surface area contributed by atoms with Crippen molar-refractivity contribution >= 4 is 0 Å². The lowest BCUT2D eigenvalue weighted by Crippen LogP contribution is -2.05. The highest BCUT2D eigenvalue weighted by atomic mass is 19.3. The fourth-order valence-electron chi connectivity index (χ4n) is 1.13. The van der Waals surface area contributed by atoms with Gasteiger partial charge in [-0.25, -0.2) is 9.97 Å². The molecular weight excluding hydrogens is 202 g/mol. The van der Waals surface area contributed by atoms with Crippen LogP contribution in [0.3, 0.4) is 0 Å². The summed E-state index contributed by atoms with van der Waals surface area (Å²) in [6.45, 7) is 1.16. The Hall–Kier alpha value is -1.10. The molecule has 0 bridgehead atoms. The van der Waals surface area contributed by atoms with Gasteiger partial charge in [-0.3, -0.25) is 0 Å². The van der Waals surface area contributed by atoms with Crippen molar-refractivity contribution in [2.75, 3.05) is 0 Å². The predicted molar refractivity (Wildman–Crippen MR) is 51.4 cm³/mol. The van der Waals surface area contributed by atoms with E-state index >= 15 is 0 Å². The minimum absolute atomic E-state index is 0.175. The van der Waals surface area contributed by atoms with Crippen molar-refractivity contribution in [3.8, 4) is 0 Å². The van der Waals surface area contributed by atoms with Crippen molar-refractivity contribution in [3.63, 3.8) is 0 Å². The van der Waals surface area contributed by atoms with Crippen LogP contribution < -0.4 is 0 Å². The fraction of sp³-hybridized carbons (Fsp3) is 0.600. The van der Waals surface area contributed by atoms with Crippen molar-refractivity contribution in [1.82, 2.24) is 9.97 Å². The molecule has 15 heavy (non-hydrogen) atoms. The van der Waals surface area contributed by atoms with E-state index in [-0.39, 0.29) is 6.61 Å². The highest BCUT2D eigenvalue weighted by Crippen LogP contribution is 2.06. The number of hydrogen-bond acceptors (Lipinski definition) is 3. The normalized spacial score (nSPS) is 11.3. The molecule has 1 aromatic heterocycles. The predicted octanol–water partition coefficient (Wildman–Crippen LogP) is 2.41. The quantitative estimate of drug-likeness (QED) is 0.758. The van der Waals surface area contributed by atoms with E-state index in [2.05, 4.69) is 14.7 Å². The average molecular weight is 216 g/mol. The van der Waals surface area contributed by atoms with E-state index in [0.29, 0.717) is 17.4 Å². The molecular formula is C10H14F2N2O. The monoisotopic (exact) mass is 216 g/mol. The van der Waals surface area contributed by atoms with Gasteiger partial charge in [0, 0.05) is 12.6 Å². The number of halogens is 2. The van der Waals surface area contributed by atoms with Gasteiger partial charge in [-0.1, -0.05) is 13.8 Å². The molecule has 0 aliphatic carbocycles. The molecule has 0 radical (unpaired) electrons. The van der Waals surface area contributed by atoms with Gasteiger partial charge in [0.25, 0.3) is 0 Å². The summed E-state index contributed by atoms with van der Waals surface area (Å²) in [6, 6.07) is 1.58. The summed E-state index contributed by atoms with van der Waals surface area (Å²) < 4.78 is 27.7. The second-order valence-corrected chi connectivity index (χ2v) is 3.63. The van der Waals surface area contributed by atoms with E-state index in [1.54, 1.807) is 12.3 Å². The summed E-state index contributed by atoms with van der Waals surface area (Å²) in [7, 11) is 0. The van der Waals surface area contributed by atoms with Crippen LogP contribution >= 0.6 is 0 Å². The van der Waals surface area contributed by atoms with Gasteiger partial charge in [0.1, 0.15) is 5.82 Å². The van der Waals surface area contributed by atoms with Crippen LogP contribution in [0.15, 0.2) is 12.3 Å². The van der Waals surface area contributed by atoms with Crippen LogP contribution in [-0.2, 0) is 17.8 Å². The molecule has 0 spiro atoms. The Morgan fingerprint density at radius 1 is 1.40 bits per heavy atom. The van der Waals surface area contributed by atoms with E-state index < -0.39 is 6.61 Å². The van der Waals surface area contributed by atoms with Crippen molar-refractivity contribution in [2.24, 2.45) is 5.92 Å². The highest BCUT2D eigenvalue weighted by Gasteiger charge is 2.05. The molecule has 0 N–H and O–H groups in total. The van der Waals surface area contributed by atoms with E-state index in [4.69, 9.17) is 0 Å². The van der Waals surface area contributed by atoms with Crippen molar-refractivity contribution < 1.29 is 13.5 Å². The molecule has 5 heteroatoms. The Morgan fingerprint density at radius 3 is 2.73 bits per heavy atom. The molecule has 0 fully saturated rings. The van der Waals surface area contributed by atoms with Crippen molar-refractivity contribution in [1.29, 1.82) is 0 Å². The lowest BCUT2D eigenvalue weighted by molar-refractivity contribution is -0.138. The van der Waals surface area contributed by atoms with E-state index in [0.717, 1.165) is 6.42 Å². The summed E-state index contributed by atoms with van der Waals surface area (Å²) in [4.78, 5) is 8.17. The fourth-order valence-corrected chi connectivity index (χ4v) is 1.13. The zero-order chi connectivity index (χ0) is 11.3. The molecule has 0 saturated heterocycles. The minimum atomic E-state index is -2.76. The van der Waals surface area contributed by atoms with Crippen LogP contribution in [0.2, 0.25) is 0 Å². The van der Waals surface area contributed by atoms with Crippen LogP contribution in [0.4, 0.5) is 8.78 Å². The topological polar surface area (TPSA) is 35.0 Å². The van der Waals surface area contributed by atoms with Gasteiger partial charge in [-0.05, 0) is 12.0 Å². The second kappa shape index (κ2) is 5.70. The Balaban J connectivity index is 2.57. The maximum absolute atomic E-state index is 11.8.